The topological polar surface area (TPSA) is 46.6 Å². The summed E-state index contributed by atoms with van der Waals surface area (Å²) in [5.74, 6) is -2.73. The molecule has 0 N–H and O–H groups in total. The maximum Gasteiger partial charge on any atom is 0.341 e. The van der Waals surface area contributed by atoms with Crippen molar-refractivity contribution in [1.82, 2.24) is 4.90 Å². The Hall–Kier alpha value is -1.70. The van der Waals surface area contributed by atoms with E-state index in [0.29, 0.717) is 30.5 Å². The highest BCUT2D eigenvalue weighted by atomic mass is 35.5. The first kappa shape index (κ1) is 19.6. The van der Waals surface area contributed by atoms with Gasteiger partial charge in [-0.1, -0.05) is 29.8 Å². The molecule has 0 radical (unpaired) electrons. The Morgan fingerprint density at radius 2 is 1.84 bits per heavy atom. The lowest BCUT2D eigenvalue weighted by molar-refractivity contribution is 0.232. The standard InChI is InChI=1S/C17H18ClF2NO3S/c1-21(9-10-24-15-4-2-3-14(18)11-15)12-13-5-7-16(8-6-13)25(22,23)17(19)20/h2-8,11,17H,9-10,12H2,1H3. The fourth-order valence-electron chi connectivity index (χ4n) is 2.15. The highest BCUT2D eigenvalue weighted by molar-refractivity contribution is 7.91. The van der Waals surface area contributed by atoms with Crippen LogP contribution in [0.1, 0.15) is 5.56 Å². The maximum atomic E-state index is 12.5. The number of hydrogen-bond acceptors (Lipinski definition) is 4. The van der Waals surface area contributed by atoms with Crippen molar-refractivity contribution in [2.75, 3.05) is 20.2 Å². The lowest BCUT2D eigenvalue weighted by atomic mass is 10.2. The molecule has 0 atom stereocenters. The quantitative estimate of drug-likeness (QED) is 0.688. The molecule has 0 spiro atoms. The molecular formula is C17H18ClF2NO3S. The summed E-state index contributed by atoms with van der Waals surface area (Å²) in [7, 11) is -2.67. The highest BCUT2D eigenvalue weighted by Gasteiger charge is 2.26. The Morgan fingerprint density at radius 1 is 1.16 bits per heavy atom. The summed E-state index contributed by atoms with van der Waals surface area (Å²) < 4.78 is 53.3. The van der Waals surface area contributed by atoms with Crippen LogP contribution in [0, 0.1) is 0 Å². The molecule has 136 valence electrons. The summed E-state index contributed by atoms with van der Waals surface area (Å²) in [6, 6.07) is 12.6. The molecule has 0 aliphatic rings. The van der Waals surface area contributed by atoms with E-state index in [4.69, 9.17) is 16.3 Å². The van der Waals surface area contributed by atoms with E-state index in [1.165, 1.54) is 24.3 Å². The van der Waals surface area contributed by atoms with Crippen LogP contribution in [0.25, 0.3) is 0 Å². The number of rotatable bonds is 8. The number of sulfone groups is 1. The second-order valence-corrected chi connectivity index (χ2v) is 7.85. The molecule has 0 saturated heterocycles. The van der Waals surface area contributed by atoms with Crippen LogP contribution < -0.4 is 4.74 Å². The number of halogens is 3. The van der Waals surface area contributed by atoms with Gasteiger partial charge in [0.25, 0.3) is 0 Å². The van der Waals surface area contributed by atoms with Gasteiger partial charge in [0, 0.05) is 18.1 Å². The smallest absolute Gasteiger partial charge is 0.341 e. The van der Waals surface area contributed by atoms with E-state index < -0.39 is 15.6 Å². The predicted octanol–water partition coefficient (Wildman–Crippen LogP) is 3.85. The molecule has 0 saturated carbocycles. The lowest BCUT2D eigenvalue weighted by Crippen LogP contribution is -2.23. The molecule has 8 heteroatoms. The Bertz CT molecular complexity index is 798. The zero-order valence-corrected chi connectivity index (χ0v) is 15.1. The molecule has 0 aliphatic carbocycles. The number of alkyl halides is 2. The minimum Gasteiger partial charge on any atom is -0.492 e. The molecule has 2 aromatic carbocycles. The largest absolute Gasteiger partial charge is 0.492 e. The van der Waals surface area contributed by atoms with Crippen LogP contribution >= 0.6 is 11.6 Å². The molecule has 4 nitrogen and oxygen atoms in total. The van der Waals surface area contributed by atoms with Crippen LogP contribution in [-0.4, -0.2) is 39.3 Å². The molecule has 0 fully saturated rings. The molecule has 0 heterocycles. The second-order valence-electron chi connectivity index (χ2n) is 5.49. The van der Waals surface area contributed by atoms with Crippen molar-refractivity contribution in [3.05, 3.63) is 59.1 Å². The zero-order valence-electron chi connectivity index (χ0n) is 13.5. The summed E-state index contributed by atoms with van der Waals surface area (Å²) in [6.45, 7) is 1.62. The monoisotopic (exact) mass is 389 g/mol. The number of likely N-dealkylation sites (N-methyl/N-ethyl adjacent to an activating group) is 1. The van der Waals surface area contributed by atoms with Gasteiger partial charge in [0.15, 0.2) is 0 Å². The van der Waals surface area contributed by atoms with E-state index in [9.17, 15) is 17.2 Å². The van der Waals surface area contributed by atoms with Crippen molar-refractivity contribution in [2.24, 2.45) is 0 Å². The maximum absolute atomic E-state index is 12.5. The van der Waals surface area contributed by atoms with E-state index in [0.717, 1.165) is 5.56 Å². The van der Waals surface area contributed by atoms with Gasteiger partial charge < -0.3 is 4.74 Å². The van der Waals surface area contributed by atoms with E-state index in [2.05, 4.69) is 0 Å². The third kappa shape index (κ3) is 5.66. The van der Waals surface area contributed by atoms with Crippen molar-refractivity contribution >= 4 is 21.4 Å². The van der Waals surface area contributed by atoms with Gasteiger partial charge in [-0.2, -0.15) is 8.78 Å². The molecule has 25 heavy (non-hydrogen) atoms. The SMILES string of the molecule is CN(CCOc1cccc(Cl)c1)Cc1ccc(S(=O)(=O)C(F)F)cc1. The van der Waals surface area contributed by atoms with Crippen molar-refractivity contribution < 1.29 is 21.9 Å². The summed E-state index contributed by atoms with van der Waals surface area (Å²) in [4.78, 5) is 1.60. The normalized spacial score (nSPS) is 11.9. The lowest BCUT2D eigenvalue weighted by Gasteiger charge is -2.17. The van der Waals surface area contributed by atoms with Gasteiger partial charge in [-0.3, -0.25) is 4.90 Å². The van der Waals surface area contributed by atoms with Gasteiger partial charge >= 0.3 is 5.76 Å². The van der Waals surface area contributed by atoms with Gasteiger partial charge in [0.1, 0.15) is 12.4 Å². The van der Waals surface area contributed by atoms with Gasteiger partial charge in [-0.25, -0.2) is 8.42 Å². The summed E-state index contributed by atoms with van der Waals surface area (Å²) in [6.07, 6.45) is 0. The van der Waals surface area contributed by atoms with Gasteiger partial charge in [0.2, 0.25) is 9.84 Å². The van der Waals surface area contributed by atoms with Crippen LogP contribution in [0.5, 0.6) is 5.75 Å². The first-order chi connectivity index (χ1) is 11.8. The molecule has 0 aliphatic heterocycles. The van der Waals surface area contributed by atoms with Crippen LogP contribution in [0.4, 0.5) is 8.78 Å². The van der Waals surface area contributed by atoms with E-state index in [1.54, 1.807) is 18.2 Å². The van der Waals surface area contributed by atoms with E-state index in [1.807, 2.05) is 18.0 Å². The second kappa shape index (κ2) is 8.60. The third-order valence-electron chi connectivity index (χ3n) is 3.48. The molecule has 0 amide bonds. The average molecular weight is 390 g/mol. The van der Waals surface area contributed by atoms with Crippen molar-refractivity contribution in [1.29, 1.82) is 0 Å². The van der Waals surface area contributed by atoms with Crippen LogP contribution in [0.2, 0.25) is 5.02 Å². The molecule has 0 aromatic heterocycles. The minimum absolute atomic E-state index is 0.377. The number of hydrogen-bond donors (Lipinski definition) is 0. The molecule has 2 aromatic rings. The van der Waals surface area contributed by atoms with Gasteiger partial charge in [-0.05, 0) is 42.9 Å². The predicted molar refractivity (Wildman–Crippen MR) is 92.9 cm³/mol. The average Bonchev–Trinajstić information content (AvgIpc) is 2.55. The first-order valence-corrected chi connectivity index (χ1v) is 9.39. The number of nitrogens with zero attached hydrogens (tertiary/aromatic N) is 1. The third-order valence-corrected chi connectivity index (χ3v) is 5.11. The highest BCUT2D eigenvalue weighted by Crippen LogP contribution is 2.19. The summed E-state index contributed by atoms with van der Waals surface area (Å²) in [5, 5.41) is 0.602. The summed E-state index contributed by atoms with van der Waals surface area (Å²) in [5.41, 5.74) is 0.818. The van der Waals surface area contributed by atoms with Gasteiger partial charge in [-0.15, -0.1) is 0 Å². The molecular weight excluding hydrogens is 372 g/mol. The van der Waals surface area contributed by atoms with E-state index in [-0.39, 0.29) is 4.90 Å². The van der Waals surface area contributed by atoms with Crippen LogP contribution in [-0.2, 0) is 16.4 Å². The Morgan fingerprint density at radius 3 is 2.44 bits per heavy atom. The molecule has 2 rings (SSSR count). The molecule has 0 unspecified atom stereocenters. The zero-order chi connectivity index (χ0) is 18.4. The van der Waals surface area contributed by atoms with Crippen LogP contribution in [0.15, 0.2) is 53.4 Å². The molecule has 0 bridgehead atoms. The van der Waals surface area contributed by atoms with Crippen molar-refractivity contribution in [3.63, 3.8) is 0 Å². The first-order valence-electron chi connectivity index (χ1n) is 7.47. The van der Waals surface area contributed by atoms with Crippen LogP contribution in [0.3, 0.4) is 0 Å². The van der Waals surface area contributed by atoms with E-state index >= 15 is 0 Å². The van der Waals surface area contributed by atoms with Gasteiger partial charge in [0.05, 0.1) is 4.90 Å². The Balaban J connectivity index is 1.85. The fraction of sp³-hybridized carbons (Fsp3) is 0.294. The fourth-order valence-corrected chi connectivity index (χ4v) is 3.06. The van der Waals surface area contributed by atoms with Crippen molar-refractivity contribution in [2.45, 2.75) is 17.2 Å². The number of benzene rings is 2. The minimum atomic E-state index is -4.55. The summed E-state index contributed by atoms with van der Waals surface area (Å²) >= 11 is 5.88. The Labute approximate surface area is 150 Å². The number of ether oxygens (including phenoxy) is 1. The van der Waals surface area contributed by atoms with Crippen molar-refractivity contribution in [3.8, 4) is 5.75 Å². The Kier molecular flexibility index (Phi) is 6.75.